The standard InChI is InChI=1S/C18H28N4O/c1-5-22-16(3)18(15(2)20-22)14-21(11-8-12-23-4)13-17-9-6-7-10-19-17/h6-7,9-10H,5,8,11-14H2,1-4H3. The van der Waals surface area contributed by atoms with Crippen LogP contribution in [0.5, 0.6) is 0 Å². The van der Waals surface area contributed by atoms with E-state index in [0.29, 0.717) is 0 Å². The summed E-state index contributed by atoms with van der Waals surface area (Å²) in [5, 5.41) is 4.63. The maximum Gasteiger partial charge on any atom is 0.0641 e. The van der Waals surface area contributed by atoms with Gasteiger partial charge in [0.15, 0.2) is 0 Å². The van der Waals surface area contributed by atoms with E-state index >= 15 is 0 Å². The van der Waals surface area contributed by atoms with Crippen molar-refractivity contribution in [3.05, 3.63) is 47.0 Å². The summed E-state index contributed by atoms with van der Waals surface area (Å²) in [7, 11) is 1.75. The van der Waals surface area contributed by atoms with Crippen molar-refractivity contribution in [2.24, 2.45) is 0 Å². The van der Waals surface area contributed by atoms with E-state index in [1.807, 2.05) is 18.3 Å². The van der Waals surface area contributed by atoms with E-state index in [0.717, 1.165) is 50.6 Å². The van der Waals surface area contributed by atoms with Gasteiger partial charge in [-0.15, -0.1) is 0 Å². The third-order valence-electron chi connectivity index (χ3n) is 4.15. The molecule has 0 radical (unpaired) electrons. The van der Waals surface area contributed by atoms with E-state index in [1.165, 1.54) is 11.3 Å². The number of rotatable bonds is 9. The van der Waals surface area contributed by atoms with E-state index in [4.69, 9.17) is 4.74 Å². The van der Waals surface area contributed by atoms with Crippen LogP contribution in [0.1, 0.15) is 36.0 Å². The molecular weight excluding hydrogens is 288 g/mol. The van der Waals surface area contributed by atoms with E-state index in [2.05, 4.69) is 46.5 Å². The predicted molar refractivity (Wildman–Crippen MR) is 92.2 cm³/mol. The maximum absolute atomic E-state index is 5.20. The first-order valence-electron chi connectivity index (χ1n) is 8.29. The van der Waals surface area contributed by atoms with Crippen LogP contribution in [-0.4, -0.2) is 39.9 Å². The zero-order valence-corrected chi connectivity index (χ0v) is 14.7. The molecule has 0 spiro atoms. The largest absolute Gasteiger partial charge is 0.385 e. The van der Waals surface area contributed by atoms with Gasteiger partial charge in [0.2, 0.25) is 0 Å². The topological polar surface area (TPSA) is 43.2 Å². The van der Waals surface area contributed by atoms with Gasteiger partial charge in [-0.25, -0.2) is 0 Å². The van der Waals surface area contributed by atoms with Crippen LogP contribution >= 0.6 is 0 Å². The Labute approximate surface area is 139 Å². The summed E-state index contributed by atoms with van der Waals surface area (Å²) in [6, 6.07) is 6.08. The van der Waals surface area contributed by atoms with Crippen LogP contribution in [0.15, 0.2) is 24.4 Å². The van der Waals surface area contributed by atoms with Gasteiger partial charge in [-0.05, 0) is 39.3 Å². The highest BCUT2D eigenvalue weighted by atomic mass is 16.5. The first-order valence-corrected chi connectivity index (χ1v) is 8.29. The molecule has 0 unspecified atom stereocenters. The first-order chi connectivity index (χ1) is 11.2. The average molecular weight is 316 g/mol. The summed E-state index contributed by atoms with van der Waals surface area (Å²) >= 11 is 0. The molecule has 23 heavy (non-hydrogen) atoms. The van der Waals surface area contributed by atoms with Crippen LogP contribution in [0.3, 0.4) is 0 Å². The van der Waals surface area contributed by atoms with Gasteiger partial charge in [-0.3, -0.25) is 14.6 Å². The maximum atomic E-state index is 5.20. The summed E-state index contributed by atoms with van der Waals surface area (Å²) in [4.78, 5) is 6.89. The summed E-state index contributed by atoms with van der Waals surface area (Å²) < 4.78 is 7.28. The van der Waals surface area contributed by atoms with E-state index < -0.39 is 0 Å². The molecule has 126 valence electrons. The zero-order valence-electron chi connectivity index (χ0n) is 14.7. The molecule has 0 aliphatic carbocycles. The second kappa shape index (κ2) is 8.79. The number of nitrogens with zero attached hydrogens (tertiary/aromatic N) is 4. The fourth-order valence-electron chi connectivity index (χ4n) is 2.86. The molecule has 0 atom stereocenters. The van der Waals surface area contributed by atoms with Gasteiger partial charge in [-0.1, -0.05) is 6.07 Å². The summed E-state index contributed by atoms with van der Waals surface area (Å²) in [5.41, 5.74) is 4.83. The second-order valence-electron chi connectivity index (χ2n) is 5.84. The molecule has 2 aromatic rings. The number of aryl methyl sites for hydroxylation is 2. The van der Waals surface area contributed by atoms with Crippen LogP contribution in [0.4, 0.5) is 0 Å². The number of pyridine rings is 1. The van der Waals surface area contributed by atoms with Crippen LogP contribution in [0.25, 0.3) is 0 Å². The van der Waals surface area contributed by atoms with Gasteiger partial charge in [-0.2, -0.15) is 5.10 Å². The van der Waals surface area contributed by atoms with Gasteiger partial charge in [0, 0.05) is 57.3 Å². The summed E-state index contributed by atoms with van der Waals surface area (Å²) in [6.07, 6.45) is 2.87. The van der Waals surface area contributed by atoms with Crippen molar-refractivity contribution < 1.29 is 4.74 Å². The van der Waals surface area contributed by atoms with Crippen LogP contribution in [0.2, 0.25) is 0 Å². The van der Waals surface area contributed by atoms with Gasteiger partial charge < -0.3 is 4.74 Å². The van der Waals surface area contributed by atoms with Crippen LogP contribution in [-0.2, 0) is 24.4 Å². The van der Waals surface area contributed by atoms with Crippen molar-refractivity contribution in [1.29, 1.82) is 0 Å². The molecule has 2 aromatic heterocycles. The SMILES string of the molecule is CCn1nc(C)c(CN(CCCOC)Cc2ccccn2)c1C. The Morgan fingerprint density at radius 3 is 2.65 bits per heavy atom. The monoisotopic (exact) mass is 316 g/mol. The number of ether oxygens (including phenoxy) is 1. The molecule has 0 saturated heterocycles. The third kappa shape index (κ3) is 4.88. The normalized spacial score (nSPS) is 11.3. The van der Waals surface area contributed by atoms with Crippen LogP contribution < -0.4 is 0 Å². The lowest BCUT2D eigenvalue weighted by Gasteiger charge is -2.22. The molecule has 2 heterocycles. The Bertz CT molecular complexity index is 595. The molecule has 0 fully saturated rings. The van der Waals surface area contributed by atoms with Gasteiger partial charge in [0.25, 0.3) is 0 Å². The lowest BCUT2D eigenvalue weighted by atomic mass is 10.1. The minimum atomic E-state index is 0.783. The molecule has 0 aromatic carbocycles. The highest BCUT2D eigenvalue weighted by Gasteiger charge is 2.15. The minimum Gasteiger partial charge on any atom is -0.385 e. The van der Waals surface area contributed by atoms with Crippen molar-refractivity contribution in [2.75, 3.05) is 20.3 Å². The number of aromatic nitrogens is 3. The van der Waals surface area contributed by atoms with Gasteiger partial charge in [0.05, 0.1) is 11.4 Å². The van der Waals surface area contributed by atoms with E-state index in [9.17, 15) is 0 Å². The highest BCUT2D eigenvalue weighted by molar-refractivity contribution is 5.24. The Hall–Kier alpha value is -1.72. The Morgan fingerprint density at radius 1 is 1.22 bits per heavy atom. The van der Waals surface area contributed by atoms with Crippen LogP contribution in [0, 0.1) is 13.8 Å². The zero-order chi connectivity index (χ0) is 16.7. The Kier molecular flexibility index (Phi) is 6.74. The van der Waals surface area contributed by atoms with Crippen molar-refractivity contribution in [3.8, 4) is 0 Å². The van der Waals surface area contributed by atoms with Gasteiger partial charge in [0.1, 0.15) is 0 Å². The molecular formula is C18H28N4O. The lowest BCUT2D eigenvalue weighted by Crippen LogP contribution is -2.26. The molecule has 0 aliphatic heterocycles. The second-order valence-corrected chi connectivity index (χ2v) is 5.84. The molecule has 0 bridgehead atoms. The minimum absolute atomic E-state index is 0.783. The molecule has 5 heteroatoms. The van der Waals surface area contributed by atoms with Gasteiger partial charge >= 0.3 is 0 Å². The smallest absolute Gasteiger partial charge is 0.0641 e. The summed E-state index contributed by atoms with van der Waals surface area (Å²) in [5.74, 6) is 0. The van der Waals surface area contributed by atoms with E-state index in [-0.39, 0.29) is 0 Å². The number of hydrogen-bond donors (Lipinski definition) is 0. The Morgan fingerprint density at radius 2 is 2.04 bits per heavy atom. The molecule has 0 aliphatic rings. The highest BCUT2D eigenvalue weighted by Crippen LogP contribution is 2.17. The molecule has 0 saturated carbocycles. The van der Waals surface area contributed by atoms with Crippen molar-refractivity contribution in [2.45, 2.75) is 46.8 Å². The van der Waals surface area contributed by atoms with E-state index in [1.54, 1.807) is 7.11 Å². The van der Waals surface area contributed by atoms with Crippen molar-refractivity contribution in [1.82, 2.24) is 19.7 Å². The fourth-order valence-corrected chi connectivity index (χ4v) is 2.86. The fraction of sp³-hybridized carbons (Fsp3) is 0.556. The average Bonchev–Trinajstić information content (AvgIpc) is 2.83. The quantitative estimate of drug-likeness (QED) is 0.667. The van der Waals surface area contributed by atoms with Crippen molar-refractivity contribution in [3.63, 3.8) is 0 Å². The number of hydrogen-bond acceptors (Lipinski definition) is 4. The lowest BCUT2D eigenvalue weighted by molar-refractivity contribution is 0.166. The molecule has 2 rings (SSSR count). The molecule has 5 nitrogen and oxygen atoms in total. The predicted octanol–water partition coefficient (Wildman–Crippen LogP) is 2.95. The first kappa shape index (κ1) is 17.6. The van der Waals surface area contributed by atoms with Crippen molar-refractivity contribution >= 4 is 0 Å². The number of methoxy groups -OCH3 is 1. The summed E-state index contributed by atoms with van der Waals surface area (Å²) in [6.45, 7) is 10.8. The molecule has 0 amide bonds. The third-order valence-corrected chi connectivity index (χ3v) is 4.15. The Balaban J connectivity index is 2.12. The molecule has 0 N–H and O–H groups in total.